The lowest BCUT2D eigenvalue weighted by Gasteiger charge is -2.36. The van der Waals surface area contributed by atoms with Gasteiger partial charge in [0.2, 0.25) is 0 Å². The number of hydrogen-bond acceptors (Lipinski definition) is 4. The van der Waals surface area contributed by atoms with Crippen LogP contribution in [0.25, 0.3) is 11.3 Å². The van der Waals surface area contributed by atoms with Gasteiger partial charge in [0.15, 0.2) is 0 Å². The summed E-state index contributed by atoms with van der Waals surface area (Å²) in [5.41, 5.74) is 3.09. The van der Waals surface area contributed by atoms with Crippen LogP contribution in [0.4, 0.5) is 10.1 Å². The number of piperazine rings is 1. The zero-order chi connectivity index (χ0) is 18.5. The third kappa shape index (κ3) is 4.55. The van der Waals surface area contributed by atoms with Crippen molar-refractivity contribution in [1.82, 2.24) is 10.1 Å². The average Bonchev–Trinajstić information content (AvgIpc) is 3.19. The number of aromatic nitrogens is 1. The van der Waals surface area contributed by atoms with E-state index in [1.54, 1.807) is 0 Å². The number of anilines is 1. The smallest absolute Gasteiger partial charge is 0.137 e. The molecule has 27 heavy (non-hydrogen) atoms. The van der Waals surface area contributed by atoms with Gasteiger partial charge in [0.05, 0.1) is 0 Å². The summed E-state index contributed by atoms with van der Waals surface area (Å²) in [6.07, 6.45) is 1.96. The molecule has 0 N–H and O–H groups in total. The fourth-order valence-electron chi connectivity index (χ4n) is 3.53. The van der Waals surface area contributed by atoms with E-state index in [0.717, 1.165) is 68.3 Å². The third-order valence-electron chi connectivity index (χ3n) is 5.09. The lowest BCUT2D eigenvalue weighted by atomic mass is 10.1. The summed E-state index contributed by atoms with van der Waals surface area (Å²) in [5, 5.41) is 4.18. The molecule has 5 heteroatoms. The molecule has 0 radical (unpaired) electrons. The molecule has 2 aromatic carbocycles. The van der Waals surface area contributed by atoms with Crippen LogP contribution < -0.4 is 4.90 Å². The van der Waals surface area contributed by atoms with Crippen molar-refractivity contribution in [3.63, 3.8) is 0 Å². The summed E-state index contributed by atoms with van der Waals surface area (Å²) in [6, 6.07) is 18.9. The first-order chi connectivity index (χ1) is 13.3. The highest BCUT2D eigenvalue weighted by molar-refractivity contribution is 5.58. The van der Waals surface area contributed by atoms with Crippen molar-refractivity contribution in [1.29, 1.82) is 0 Å². The second-order valence-corrected chi connectivity index (χ2v) is 6.95. The van der Waals surface area contributed by atoms with Gasteiger partial charge >= 0.3 is 0 Å². The van der Waals surface area contributed by atoms with E-state index in [9.17, 15) is 4.39 Å². The molecule has 2 heterocycles. The Labute approximate surface area is 159 Å². The third-order valence-corrected chi connectivity index (χ3v) is 5.09. The SMILES string of the molecule is Fc1ccc(N2CCN(CCCc3cc(-c4ccccc4)no3)CC2)cc1. The van der Waals surface area contributed by atoms with E-state index in [2.05, 4.69) is 15.0 Å². The summed E-state index contributed by atoms with van der Waals surface area (Å²) >= 11 is 0. The molecule has 1 aliphatic rings. The standard InChI is InChI=1S/C22H24FN3O/c23-19-8-10-20(11-9-19)26-15-13-25(14-16-26)12-4-7-21-17-22(24-27-21)18-5-2-1-3-6-18/h1-3,5-6,8-11,17H,4,7,12-16H2. The van der Waals surface area contributed by atoms with E-state index < -0.39 is 0 Å². The molecule has 4 rings (SSSR count). The van der Waals surface area contributed by atoms with E-state index in [0.29, 0.717) is 0 Å². The number of nitrogens with zero attached hydrogens (tertiary/aromatic N) is 3. The Bertz CT molecular complexity index is 840. The Morgan fingerprint density at radius 1 is 0.926 bits per heavy atom. The van der Waals surface area contributed by atoms with Gasteiger partial charge in [-0.05, 0) is 37.2 Å². The van der Waals surface area contributed by atoms with Crippen molar-refractivity contribution in [2.75, 3.05) is 37.6 Å². The van der Waals surface area contributed by atoms with E-state index in [1.807, 2.05) is 48.5 Å². The van der Waals surface area contributed by atoms with Crippen molar-refractivity contribution in [3.8, 4) is 11.3 Å². The highest BCUT2D eigenvalue weighted by atomic mass is 19.1. The zero-order valence-corrected chi connectivity index (χ0v) is 15.4. The van der Waals surface area contributed by atoms with Gasteiger partial charge in [0, 0.05) is 49.9 Å². The maximum absolute atomic E-state index is 13.1. The second-order valence-electron chi connectivity index (χ2n) is 6.95. The van der Waals surface area contributed by atoms with Gasteiger partial charge in [0.25, 0.3) is 0 Å². The molecule has 0 saturated carbocycles. The molecular formula is C22H24FN3O. The van der Waals surface area contributed by atoms with Crippen molar-refractivity contribution in [2.24, 2.45) is 0 Å². The fourth-order valence-corrected chi connectivity index (χ4v) is 3.53. The summed E-state index contributed by atoms with van der Waals surface area (Å²) in [6.45, 7) is 5.07. The molecule has 0 atom stereocenters. The molecular weight excluding hydrogens is 341 g/mol. The summed E-state index contributed by atoms with van der Waals surface area (Å²) < 4.78 is 18.5. The quantitative estimate of drug-likeness (QED) is 0.654. The molecule has 140 valence electrons. The Morgan fingerprint density at radius 3 is 2.41 bits per heavy atom. The summed E-state index contributed by atoms with van der Waals surface area (Å²) in [7, 11) is 0. The van der Waals surface area contributed by atoms with E-state index >= 15 is 0 Å². The molecule has 1 aliphatic heterocycles. The highest BCUT2D eigenvalue weighted by Crippen LogP contribution is 2.20. The minimum Gasteiger partial charge on any atom is -0.369 e. The minimum absolute atomic E-state index is 0.180. The van der Waals surface area contributed by atoms with E-state index in [4.69, 9.17) is 4.52 Å². The predicted molar refractivity (Wildman–Crippen MR) is 105 cm³/mol. The molecule has 3 aromatic rings. The first-order valence-corrected chi connectivity index (χ1v) is 9.52. The van der Waals surface area contributed by atoms with Crippen LogP contribution in [0.3, 0.4) is 0 Å². The van der Waals surface area contributed by atoms with Crippen LogP contribution in [0.2, 0.25) is 0 Å². The molecule has 0 spiro atoms. The Kier molecular flexibility index (Phi) is 5.49. The van der Waals surface area contributed by atoms with Crippen molar-refractivity contribution in [3.05, 3.63) is 72.2 Å². The van der Waals surface area contributed by atoms with Gasteiger partial charge in [-0.25, -0.2) is 4.39 Å². The van der Waals surface area contributed by atoms with Gasteiger partial charge in [-0.3, -0.25) is 4.90 Å². The normalized spacial score (nSPS) is 15.2. The van der Waals surface area contributed by atoms with Gasteiger partial charge in [-0.1, -0.05) is 35.5 Å². The van der Waals surface area contributed by atoms with Crippen LogP contribution in [0.15, 0.2) is 65.2 Å². The Morgan fingerprint density at radius 2 is 1.67 bits per heavy atom. The van der Waals surface area contributed by atoms with Crippen LogP contribution in [-0.4, -0.2) is 42.8 Å². The second kappa shape index (κ2) is 8.35. The minimum atomic E-state index is -0.180. The molecule has 0 aliphatic carbocycles. The maximum atomic E-state index is 13.1. The van der Waals surface area contributed by atoms with Gasteiger partial charge in [0.1, 0.15) is 17.3 Å². The maximum Gasteiger partial charge on any atom is 0.137 e. The predicted octanol–water partition coefficient (Wildman–Crippen LogP) is 4.24. The van der Waals surface area contributed by atoms with Gasteiger partial charge in [-0.15, -0.1) is 0 Å². The highest BCUT2D eigenvalue weighted by Gasteiger charge is 2.17. The lowest BCUT2D eigenvalue weighted by molar-refractivity contribution is 0.251. The molecule has 0 amide bonds. The number of rotatable bonds is 6. The van der Waals surface area contributed by atoms with Crippen molar-refractivity contribution in [2.45, 2.75) is 12.8 Å². The molecule has 0 bridgehead atoms. The average molecular weight is 365 g/mol. The van der Waals surface area contributed by atoms with E-state index in [1.165, 1.54) is 12.1 Å². The molecule has 1 fully saturated rings. The van der Waals surface area contributed by atoms with Crippen LogP contribution >= 0.6 is 0 Å². The van der Waals surface area contributed by atoms with Crippen molar-refractivity contribution < 1.29 is 8.91 Å². The van der Waals surface area contributed by atoms with Crippen LogP contribution in [0, 0.1) is 5.82 Å². The van der Waals surface area contributed by atoms with Crippen LogP contribution in [-0.2, 0) is 6.42 Å². The Hall–Kier alpha value is -2.66. The first kappa shape index (κ1) is 17.7. The molecule has 4 nitrogen and oxygen atoms in total. The van der Waals surface area contributed by atoms with E-state index in [-0.39, 0.29) is 5.82 Å². The zero-order valence-electron chi connectivity index (χ0n) is 15.4. The Balaban J connectivity index is 1.22. The van der Waals surface area contributed by atoms with Gasteiger partial charge < -0.3 is 9.42 Å². The van der Waals surface area contributed by atoms with Crippen molar-refractivity contribution >= 4 is 5.69 Å². The summed E-state index contributed by atoms with van der Waals surface area (Å²) in [4.78, 5) is 4.80. The number of hydrogen-bond donors (Lipinski definition) is 0. The largest absolute Gasteiger partial charge is 0.369 e. The number of aryl methyl sites for hydroxylation is 1. The molecule has 0 unspecified atom stereocenters. The topological polar surface area (TPSA) is 32.5 Å². The van der Waals surface area contributed by atoms with Crippen LogP contribution in [0.1, 0.15) is 12.2 Å². The van der Waals surface area contributed by atoms with Gasteiger partial charge in [-0.2, -0.15) is 0 Å². The lowest BCUT2D eigenvalue weighted by Crippen LogP contribution is -2.46. The molecule has 1 saturated heterocycles. The summed E-state index contributed by atoms with van der Waals surface area (Å²) in [5.74, 6) is 0.763. The first-order valence-electron chi connectivity index (χ1n) is 9.52. The molecule has 1 aromatic heterocycles. The van der Waals surface area contributed by atoms with Crippen LogP contribution in [0.5, 0.6) is 0 Å². The number of benzene rings is 2. The monoisotopic (exact) mass is 365 g/mol. The fraction of sp³-hybridized carbons (Fsp3) is 0.318. The number of halogens is 1.